The van der Waals surface area contributed by atoms with Crippen LogP contribution in [0.5, 0.6) is 0 Å². The third-order valence-corrected chi connectivity index (χ3v) is 8.72. The number of anilines is 2. The fourth-order valence-electron chi connectivity index (χ4n) is 4.74. The second-order valence-corrected chi connectivity index (χ2v) is 11.7. The predicted molar refractivity (Wildman–Crippen MR) is 160 cm³/mol. The molecule has 42 heavy (non-hydrogen) atoms. The molecule has 0 amide bonds. The Morgan fingerprint density at radius 2 is 1.86 bits per heavy atom. The summed E-state index contributed by atoms with van der Waals surface area (Å²) in [6.07, 6.45) is 1.71. The van der Waals surface area contributed by atoms with Crippen molar-refractivity contribution >= 4 is 27.3 Å². The molecule has 0 unspecified atom stereocenters. The van der Waals surface area contributed by atoms with Crippen molar-refractivity contribution in [1.29, 1.82) is 0 Å². The van der Waals surface area contributed by atoms with Crippen molar-refractivity contribution in [3.8, 4) is 11.1 Å². The van der Waals surface area contributed by atoms with Crippen LogP contribution in [0.15, 0.2) is 70.2 Å². The minimum absolute atomic E-state index is 0.124. The van der Waals surface area contributed by atoms with Crippen molar-refractivity contribution in [2.24, 2.45) is 0 Å². The zero-order chi connectivity index (χ0) is 29.9. The standard InChI is InChI=1S/C30H34N6O5S/c1-6-40-18-24-16-23(17-31-29-15-20(2)33-28-13-14-32-36(28)29)11-12-25(24)26-9-7-8-10-27(26)42(37,38)35(19-39-5)30-21(3)22(4)41-34-30/h7-16,31H,6,17-19H2,1-5H3. The van der Waals surface area contributed by atoms with Gasteiger partial charge in [0.05, 0.1) is 17.7 Å². The maximum Gasteiger partial charge on any atom is 0.268 e. The van der Waals surface area contributed by atoms with Gasteiger partial charge in [0, 0.05) is 49.2 Å². The minimum Gasteiger partial charge on any atom is -0.377 e. The van der Waals surface area contributed by atoms with Gasteiger partial charge in [0.1, 0.15) is 18.3 Å². The van der Waals surface area contributed by atoms with Crippen LogP contribution >= 0.6 is 0 Å². The van der Waals surface area contributed by atoms with E-state index in [0.29, 0.717) is 36.6 Å². The van der Waals surface area contributed by atoms with Crippen LogP contribution in [0.25, 0.3) is 16.8 Å². The molecular weight excluding hydrogens is 556 g/mol. The number of ether oxygens (including phenoxy) is 2. The summed E-state index contributed by atoms with van der Waals surface area (Å²) in [4.78, 5) is 4.62. The summed E-state index contributed by atoms with van der Waals surface area (Å²) >= 11 is 0. The number of aromatic nitrogens is 4. The lowest BCUT2D eigenvalue weighted by molar-refractivity contribution is 0.134. The Hall–Kier alpha value is -4.26. The fourth-order valence-corrected chi connectivity index (χ4v) is 6.33. The van der Waals surface area contributed by atoms with Gasteiger partial charge in [-0.05, 0) is 50.5 Å². The second kappa shape index (κ2) is 12.3. The van der Waals surface area contributed by atoms with Crippen LogP contribution in [0.1, 0.15) is 35.1 Å². The Bertz CT molecular complexity index is 1810. The van der Waals surface area contributed by atoms with E-state index in [1.807, 2.05) is 50.2 Å². The number of fused-ring (bicyclic) bond motifs is 1. The molecule has 2 aromatic carbocycles. The maximum absolute atomic E-state index is 14.2. The second-order valence-electron chi connectivity index (χ2n) is 9.82. The summed E-state index contributed by atoms with van der Waals surface area (Å²) < 4.78 is 47.6. The highest BCUT2D eigenvalue weighted by Crippen LogP contribution is 2.35. The molecule has 0 aliphatic rings. The topological polar surface area (TPSA) is 124 Å². The van der Waals surface area contributed by atoms with E-state index in [0.717, 1.165) is 38.2 Å². The van der Waals surface area contributed by atoms with Crippen molar-refractivity contribution in [3.63, 3.8) is 0 Å². The van der Waals surface area contributed by atoms with E-state index < -0.39 is 10.0 Å². The number of benzene rings is 2. The molecule has 12 heteroatoms. The lowest BCUT2D eigenvalue weighted by Gasteiger charge is -2.23. The maximum atomic E-state index is 14.2. The third-order valence-electron chi connectivity index (χ3n) is 6.95. The number of rotatable bonds is 12. The van der Waals surface area contributed by atoms with Gasteiger partial charge < -0.3 is 19.3 Å². The predicted octanol–water partition coefficient (Wildman–Crippen LogP) is 5.26. The first-order valence-corrected chi connectivity index (χ1v) is 15.0. The van der Waals surface area contributed by atoms with Crippen LogP contribution in [0.4, 0.5) is 11.6 Å². The molecule has 3 aromatic heterocycles. The molecule has 0 saturated carbocycles. The first-order valence-electron chi connectivity index (χ1n) is 13.5. The van der Waals surface area contributed by atoms with Gasteiger partial charge in [-0.15, -0.1) is 0 Å². The van der Waals surface area contributed by atoms with Crippen molar-refractivity contribution < 1.29 is 22.4 Å². The average Bonchev–Trinajstić information content (AvgIpc) is 3.59. The SMILES string of the molecule is CCOCc1cc(CNc2cc(C)nc3ccnn23)ccc1-c1ccccc1S(=O)(=O)N(COC)c1noc(C)c1C. The van der Waals surface area contributed by atoms with Crippen molar-refractivity contribution in [1.82, 2.24) is 19.8 Å². The quantitative estimate of drug-likeness (QED) is 0.194. The number of aryl methyl sites for hydroxylation is 2. The molecule has 0 bridgehead atoms. The Labute approximate surface area is 245 Å². The molecule has 0 fully saturated rings. The van der Waals surface area contributed by atoms with Gasteiger partial charge in [-0.3, -0.25) is 0 Å². The monoisotopic (exact) mass is 590 g/mol. The van der Waals surface area contributed by atoms with Gasteiger partial charge in [0.25, 0.3) is 10.0 Å². The Balaban J connectivity index is 1.53. The summed E-state index contributed by atoms with van der Waals surface area (Å²) in [7, 11) is -2.66. The summed E-state index contributed by atoms with van der Waals surface area (Å²) in [5, 5.41) is 11.8. The molecule has 11 nitrogen and oxygen atoms in total. The van der Waals surface area contributed by atoms with Crippen molar-refractivity contribution in [2.75, 3.05) is 30.1 Å². The Kier molecular flexibility index (Phi) is 8.57. The highest BCUT2D eigenvalue weighted by molar-refractivity contribution is 7.93. The molecule has 5 aromatic rings. The first kappa shape index (κ1) is 29.2. The molecule has 0 radical (unpaired) electrons. The number of sulfonamides is 1. The van der Waals surface area contributed by atoms with E-state index in [2.05, 4.69) is 20.6 Å². The van der Waals surface area contributed by atoms with E-state index in [4.69, 9.17) is 14.0 Å². The number of hydrogen-bond acceptors (Lipinski definition) is 9. The molecule has 220 valence electrons. The zero-order valence-corrected chi connectivity index (χ0v) is 25.1. The highest BCUT2D eigenvalue weighted by Gasteiger charge is 2.32. The summed E-state index contributed by atoms with van der Waals surface area (Å²) in [6.45, 7) is 8.50. The van der Waals surface area contributed by atoms with Gasteiger partial charge in [-0.1, -0.05) is 41.6 Å². The van der Waals surface area contributed by atoms with Crippen molar-refractivity contribution in [3.05, 3.63) is 88.9 Å². The molecule has 0 saturated heterocycles. The van der Waals surface area contributed by atoms with Gasteiger partial charge in [0.2, 0.25) is 0 Å². The molecule has 3 heterocycles. The first-order chi connectivity index (χ1) is 20.2. The van der Waals surface area contributed by atoms with E-state index in [9.17, 15) is 8.42 Å². The van der Waals surface area contributed by atoms with Gasteiger partial charge in [-0.2, -0.15) is 9.61 Å². The summed E-state index contributed by atoms with van der Waals surface area (Å²) in [5.74, 6) is 1.55. The van der Waals surface area contributed by atoms with Crippen LogP contribution in [-0.4, -0.2) is 48.6 Å². The third kappa shape index (κ3) is 5.73. The molecule has 0 spiro atoms. The van der Waals surface area contributed by atoms with Crippen LogP contribution in [-0.2, 0) is 32.6 Å². The van der Waals surface area contributed by atoms with E-state index in [1.54, 1.807) is 42.8 Å². The normalized spacial score (nSPS) is 11.7. The summed E-state index contributed by atoms with van der Waals surface area (Å²) in [5.41, 5.74) is 5.44. The number of hydrogen-bond donors (Lipinski definition) is 1. The van der Waals surface area contributed by atoms with Crippen molar-refractivity contribution in [2.45, 2.75) is 45.7 Å². The average molecular weight is 591 g/mol. The number of nitrogens with one attached hydrogen (secondary N) is 1. The molecule has 0 aliphatic carbocycles. The Morgan fingerprint density at radius 3 is 2.60 bits per heavy atom. The smallest absolute Gasteiger partial charge is 0.268 e. The number of methoxy groups -OCH3 is 1. The molecule has 1 N–H and O–H groups in total. The van der Waals surface area contributed by atoms with E-state index in [-0.39, 0.29) is 17.4 Å². The van der Waals surface area contributed by atoms with E-state index >= 15 is 0 Å². The summed E-state index contributed by atoms with van der Waals surface area (Å²) in [6, 6.07) is 16.7. The Morgan fingerprint density at radius 1 is 1.05 bits per heavy atom. The lowest BCUT2D eigenvalue weighted by atomic mass is 9.97. The van der Waals surface area contributed by atoms with Crippen LogP contribution in [0.2, 0.25) is 0 Å². The lowest BCUT2D eigenvalue weighted by Crippen LogP contribution is -2.34. The fraction of sp³-hybridized carbons (Fsp3) is 0.300. The molecular formula is C30H34N6O5S. The van der Waals surface area contributed by atoms with Crippen LogP contribution in [0, 0.1) is 20.8 Å². The van der Waals surface area contributed by atoms with Crippen LogP contribution < -0.4 is 9.62 Å². The minimum atomic E-state index is -4.10. The molecule has 0 aliphatic heterocycles. The largest absolute Gasteiger partial charge is 0.377 e. The molecule has 5 rings (SSSR count). The van der Waals surface area contributed by atoms with Gasteiger partial charge >= 0.3 is 0 Å². The van der Waals surface area contributed by atoms with Gasteiger partial charge in [-0.25, -0.2) is 17.7 Å². The van der Waals surface area contributed by atoms with E-state index in [1.165, 1.54) is 7.11 Å². The number of nitrogens with zero attached hydrogens (tertiary/aromatic N) is 5. The zero-order valence-electron chi connectivity index (χ0n) is 24.3. The van der Waals surface area contributed by atoms with Crippen LogP contribution in [0.3, 0.4) is 0 Å². The van der Waals surface area contributed by atoms with Gasteiger partial charge in [0.15, 0.2) is 11.5 Å². The highest BCUT2D eigenvalue weighted by atomic mass is 32.2. The molecule has 0 atom stereocenters.